The summed E-state index contributed by atoms with van der Waals surface area (Å²) in [5.74, 6) is -0.563. The van der Waals surface area contributed by atoms with Crippen LogP contribution in [0.1, 0.15) is 17.3 Å². The van der Waals surface area contributed by atoms with Crippen LogP contribution in [0, 0.1) is 0 Å². The van der Waals surface area contributed by atoms with Gasteiger partial charge >= 0.3 is 12.0 Å². The van der Waals surface area contributed by atoms with Crippen molar-refractivity contribution in [3.8, 4) is 11.5 Å². The number of rotatable bonds is 6. The molecule has 0 bridgehead atoms. The Morgan fingerprint density at radius 1 is 1.18 bits per heavy atom. The van der Waals surface area contributed by atoms with E-state index in [1.165, 1.54) is 26.3 Å². The minimum absolute atomic E-state index is 0.206. The van der Waals surface area contributed by atoms with Crippen molar-refractivity contribution in [2.45, 2.75) is 6.92 Å². The fraction of sp³-hybridized carbons (Fsp3) is 0.357. The molecule has 0 unspecified atom stereocenters. The Labute approximate surface area is 127 Å². The van der Waals surface area contributed by atoms with Crippen LogP contribution >= 0.6 is 0 Å². The van der Waals surface area contributed by atoms with Crippen LogP contribution in [0.3, 0.4) is 0 Å². The van der Waals surface area contributed by atoms with E-state index >= 15 is 0 Å². The number of ether oxygens (including phenoxy) is 3. The molecule has 0 heterocycles. The zero-order valence-corrected chi connectivity index (χ0v) is 12.6. The number of methoxy groups -OCH3 is 1. The van der Waals surface area contributed by atoms with E-state index in [0.717, 1.165) is 0 Å². The van der Waals surface area contributed by atoms with Gasteiger partial charge in [0.25, 0.3) is 5.91 Å². The molecule has 0 aliphatic rings. The molecule has 2 N–H and O–H groups in total. The third-order valence-corrected chi connectivity index (χ3v) is 2.51. The Morgan fingerprint density at radius 3 is 2.50 bits per heavy atom. The summed E-state index contributed by atoms with van der Waals surface area (Å²) >= 11 is 0. The van der Waals surface area contributed by atoms with Crippen LogP contribution in [-0.4, -0.2) is 45.3 Å². The molecule has 0 radical (unpaired) electrons. The first-order valence-corrected chi connectivity index (χ1v) is 6.51. The van der Waals surface area contributed by atoms with Crippen LogP contribution in [0.5, 0.6) is 11.5 Å². The summed E-state index contributed by atoms with van der Waals surface area (Å²) in [6.45, 7) is 1.64. The fourth-order valence-corrected chi connectivity index (χ4v) is 1.51. The van der Waals surface area contributed by atoms with Crippen LogP contribution in [0.15, 0.2) is 18.2 Å². The maximum absolute atomic E-state index is 11.9. The lowest BCUT2D eigenvalue weighted by atomic mass is 10.2. The third kappa shape index (κ3) is 4.97. The van der Waals surface area contributed by atoms with Gasteiger partial charge in [-0.25, -0.2) is 9.59 Å². The molecule has 3 amide bonds. The number of nitrogens with one attached hydrogen (secondary N) is 2. The molecule has 0 saturated carbocycles. The summed E-state index contributed by atoms with van der Waals surface area (Å²) < 4.78 is 15.3. The minimum Gasteiger partial charge on any atom is -0.493 e. The molecule has 0 fully saturated rings. The Bertz CT molecular complexity index is 558. The van der Waals surface area contributed by atoms with Crippen molar-refractivity contribution in [3.05, 3.63) is 23.8 Å². The molecule has 22 heavy (non-hydrogen) atoms. The topological polar surface area (TPSA) is 103 Å². The van der Waals surface area contributed by atoms with Crippen LogP contribution in [0.4, 0.5) is 4.79 Å². The first-order valence-electron chi connectivity index (χ1n) is 6.51. The van der Waals surface area contributed by atoms with Crippen LogP contribution in [0.25, 0.3) is 0 Å². The number of urea groups is 1. The Kier molecular flexibility index (Phi) is 6.68. The summed E-state index contributed by atoms with van der Waals surface area (Å²) in [4.78, 5) is 34.1. The molecule has 0 atom stereocenters. The molecule has 1 rings (SSSR count). The van der Waals surface area contributed by atoms with E-state index in [0.29, 0.717) is 18.1 Å². The zero-order chi connectivity index (χ0) is 16.5. The van der Waals surface area contributed by atoms with E-state index in [4.69, 9.17) is 14.2 Å². The minimum atomic E-state index is -0.730. The molecule has 0 aliphatic heterocycles. The monoisotopic (exact) mass is 310 g/mol. The van der Waals surface area contributed by atoms with Crippen molar-refractivity contribution in [3.63, 3.8) is 0 Å². The number of hydrogen-bond acceptors (Lipinski definition) is 6. The number of amides is 3. The third-order valence-electron chi connectivity index (χ3n) is 2.51. The first-order chi connectivity index (χ1) is 10.5. The number of imide groups is 1. The van der Waals surface area contributed by atoms with Crippen molar-refractivity contribution in [2.75, 3.05) is 27.4 Å². The molecule has 1 aromatic rings. The maximum atomic E-state index is 11.9. The molecule has 0 saturated heterocycles. The number of carbonyl (C=O) groups excluding carboxylic acids is 3. The molecular weight excluding hydrogens is 292 g/mol. The van der Waals surface area contributed by atoms with Gasteiger partial charge in [0.15, 0.2) is 18.1 Å². The van der Waals surface area contributed by atoms with Gasteiger partial charge in [0.1, 0.15) is 0 Å². The van der Waals surface area contributed by atoms with Gasteiger partial charge in [-0.1, -0.05) is 0 Å². The standard InChI is InChI=1S/C14H18N2O6/c1-4-21-11-7-9(5-6-10(11)20-3)13(18)22-8-12(17)16-14(19)15-2/h5-7H,4,8H2,1-3H3,(H2,15,16,17,19). The van der Waals surface area contributed by atoms with Gasteiger partial charge in [0, 0.05) is 7.05 Å². The second kappa shape index (κ2) is 8.50. The van der Waals surface area contributed by atoms with E-state index in [2.05, 4.69) is 5.32 Å². The molecular formula is C14H18N2O6. The van der Waals surface area contributed by atoms with E-state index < -0.39 is 24.5 Å². The highest BCUT2D eigenvalue weighted by Crippen LogP contribution is 2.28. The molecule has 120 valence electrons. The lowest BCUT2D eigenvalue weighted by molar-refractivity contribution is -0.123. The lowest BCUT2D eigenvalue weighted by Crippen LogP contribution is -2.39. The summed E-state index contributed by atoms with van der Waals surface area (Å²) in [6.07, 6.45) is 0. The van der Waals surface area contributed by atoms with Gasteiger partial charge in [-0.3, -0.25) is 10.1 Å². The normalized spacial score (nSPS) is 9.59. The largest absolute Gasteiger partial charge is 0.493 e. The second-order valence-electron chi connectivity index (χ2n) is 4.00. The highest BCUT2D eigenvalue weighted by Gasteiger charge is 2.14. The quantitative estimate of drug-likeness (QED) is 0.750. The summed E-state index contributed by atoms with van der Waals surface area (Å²) in [6, 6.07) is 3.83. The van der Waals surface area contributed by atoms with Gasteiger partial charge in [-0.05, 0) is 25.1 Å². The SMILES string of the molecule is CCOc1cc(C(=O)OCC(=O)NC(=O)NC)ccc1OC. The average molecular weight is 310 g/mol. The zero-order valence-electron chi connectivity index (χ0n) is 12.6. The fourth-order valence-electron chi connectivity index (χ4n) is 1.51. The van der Waals surface area contributed by atoms with Crippen molar-refractivity contribution in [1.29, 1.82) is 0 Å². The molecule has 8 heteroatoms. The Morgan fingerprint density at radius 2 is 1.91 bits per heavy atom. The molecule has 0 spiro atoms. The van der Waals surface area contributed by atoms with E-state index in [1.807, 2.05) is 5.32 Å². The van der Waals surface area contributed by atoms with E-state index in [9.17, 15) is 14.4 Å². The number of hydrogen-bond donors (Lipinski definition) is 2. The smallest absolute Gasteiger partial charge is 0.338 e. The molecule has 1 aromatic carbocycles. The van der Waals surface area contributed by atoms with Crippen LogP contribution < -0.4 is 20.1 Å². The summed E-state index contributed by atoms with van der Waals surface area (Å²) in [5.41, 5.74) is 0.206. The van der Waals surface area contributed by atoms with E-state index in [-0.39, 0.29) is 5.56 Å². The maximum Gasteiger partial charge on any atom is 0.338 e. The predicted molar refractivity (Wildman–Crippen MR) is 77.0 cm³/mol. The van der Waals surface area contributed by atoms with Gasteiger partial charge in [0.05, 0.1) is 19.3 Å². The second-order valence-corrected chi connectivity index (χ2v) is 4.00. The van der Waals surface area contributed by atoms with Gasteiger partial charge in [0.2, 0.25) is 0 Å². The van der Waals surface area contributed by atoms with Gasteiger partial charge < -0.3 is 19.5 Å². The Hall–Kier alpha value is -2.77. The average Bonchev–Trinajstić information content (AvgIpc) is 2.52. The highest BCUT2D eigenvalue weighted by molar-refractivity contribution is 5.97. The van der Waals surface area contributed by atoms with Crippen molar-refractivity contribution < 1.29 is 28.6 Å². The molecule has 8 nitrogen and oxygen atoms in total. The van der Waals surface area contributed by atoms with Crippen LogP contribution in [-0.2, 0) is 9.53 Å². The molecule has 0 aliphatic carbocycles. The van der Waals surface area contributed by atoms with Crippen LogP contribution in [0.2, 0.25) is 0 Å². The van der Waals surface area contributed by atoms with Crippen molar-refractivity contribution >= 4 is 17.9 Å². The number of esters is 1. The predicted octanol–water partition coefficient (Wildman–Crippen LogP) is 0.706. The van der Waals surface area contributed by atoms with Gasteiger partial charge in [-0.2, -0.15) is 0 Å². The number of carbonyl (C=O) groups is 3. The Balaban J connectivity index is 2.67. The van der Waals surface area contributed by atoms with E-state index in [1.54, 1.807) is 13.0 Å². The first kappa shape index (κ1) is 17.3. The highest BCUT2D eigenvalue weighted by atomic mass is 16.5. The lowest BCUT2D eigenvalue weighted by Gasteiger charge is -2.11. The summed E-state index contributed by atoms with van der Waals surface area (Å²) in [7, 11) is 2.85. The summed E-state index contributed by atoms with van der Waals surface area (Å²) in [5, 5.41) is 4.18. The number of benzene rings is 1. The van der Waals surface area contributed by atoms with Crippen molar-refractivity contribution in [1.82, 2.24) is 10.6 Å². The van der Waals surface area contributed by atoms with Crippen molar-refractivity contribution in [2.24, 2.45) is 0 Å². The van der Waals surface area contributed by atoms with Gasteiger partial charge in [-0.15, -0.1) is 0 Å². The molecule has 0 aromatic heterocycles.